The Morgan fingerprint density at radius 2 is 1.85 bits per heavy atom. The molecule has 1 aliphatic carbocycles. The zero-order valence-corrected chi connectivity index (χ0v) is 19.5. The molecule has 0 radical (unpaired) electrons. The molecule has 182 valence electrons. The Morgan fingerprint density at radius 1 is 1.09 bits per heavy atom. The maximum absolute atomic E-state index is 12.8. The van der Waals surface area contributed by atoms with Gasteiger partial charge in [-0.05, 0) is 80.4 Å². The predicted molar refractivity (Wildman–Crippen MR) is 129 cm³/mol. The summed E-state index contributed by atoms with van der Waals surface area (Å²) in [7, 11) is 0. The molecular formula is C27H32F3N3O. The fraction of sp³-hybridized carbons (Fsp3) is 0.444. The van der Waals surface area contributed by atoms with Gasteiger partial charge in [0.05, 0.1) is 5.56 Å². The van der Waals surface area contributed by atoms with Crippen molar-refractivity contribution in [3.63, 3.8) is 0 Å². The summed E-state index contributed by atoms with van der Waals surface area (Å²) < 4.78 is 38.4. The molecule has 1 aliphatic rings. The molecule has 1 saturated carbocycles. The van der Waals surface area contributed by atoms with Crippen molar-refractivity contribution < 1.29 is 18.0 Å². The first-order chi connectivity index (χ1) is 16.3. The summed E-state index contributed by atoms with van der Waals surface area (Å²) in [5.41, 5.74) is 1.96. The molecule has 1 heterocycles. The number of aromatic nitrogens is 1. The molecule has 2 unspecified atom stereocenters. The quantitative estimate of drug-likeness (QED) is 0.327. The van der Waals surface area contributed by atoms with Crippen LogP contribution in [0.15, 0.2) is 54.6 Å². The van der Waals surface area contributed by atoms with Crippen LogP contribution in [0.25, 0.3) is 10.9 Å². The van der Waals surface area contributed by atoms with E-state index in [-0.39, 0.29) is 5.91 Å². The van der Waals surface area contributed by atoms with E-state index in [4.69, 9.17) is 0 Å². The number of H-pyrrole nitrogens is 1. The van der Waals surface area contributed by atoms with E-state index >= 15 is 0 Å². The molecule has 0 aliphatic heterocycles. The first-order valence-corrected chi connectivity index (χ1v) is 12.1. The van der Waals surface area contributed by atoms with Crippen LogP contribution in [0.2, 0.25) is 0 Å². The first-order valence-electron chi connectivity index (χ1n) is 12.1. The summed E-state index contributed by atoms with van der Waals surface area (Å²) >= 11 is 0. The summed E-state index contributed by atoms with van der Waals surface area (Å²) in [5, 5.41) is 4.02. The zero-order valence-electron chi connectivity index (χ0n) is 19.5. The lowest BCUT2D eigenvalue weighted by molar-refractivity contribution is -0.137. The fourth-order valence-corrected chi connectivity index (χ4v) is 4.67. The number of unbranched alkanes of at least 4 members (excludes halogenated alkanes) is 1. The van der Waals surface area contributed by atoms with Gasteiger partial charge >= 0.3 is 6.18 Å². The van der Waals surface area contributed by atoms with Crippen LogP contribution in [-0.4, -0.2) is 42.0 Å². The number of amides is 1. The molecule has 0 bridgehead atoms. The van der Waals surface area contributed by atoms with E-state index in [1.807, 2.05) is 30.3 Å². The maximum Gasteiger partial charge on any atom is 0.416 e. The van der Waals surface area contributed by atoms with Gasteiger partial charge in [0.15, 0.2) is 0 Å². The second-order valence-electron chi connectivity index (χ2n) is 9.26. The van der Waals surface area contributed by atoms with Crippen LogP contribution < -0.4 is 5.32 Å². The van der Waals surface area contributed by atoms with E-state index in [1.54, 1.807) is 12.1 Å². The van der Waals surface area contributed by atoms with Gasteiger partial charge in [0.2, 0.25) is 0 Å². The lowest BCUT2D eigenvalue weighted by atomic mass is 10.1. The van der Waals surface area contributed by atoms with Gasteiger partial charge < -0.3 is 15.2 Å². The molecule has 1 aromatic heterocycles. The van der Waals surface area contributed by atoms with E-state index in [0.717, 1.165) is 61.8 Å². The summed E-state index contributed by atoms with van der Waals surface area (Å²) in [6.07, 6.45) is -0.292. The second kappa shape index (κ2) is 10.6. The molecular weight excluding hydrogens is 439 g/mol. The molecule has 2 atom stereocenters. The Morgan fingerprint density at radius 3 is 2.56 bits per heavy atom. The van der Waals surface area contributed by atoms with Crippen molar-refractivity contribution in [1.82, 2.24) is 15.2 Å². The summed E-state index contributed by atoms with van der Waals surface area (Å²) in [5.74, 6) is 0.779. The number of para-hydroxylation sites is 1. The van der Waals surface area contributed by atoms with E-state index in [1.165, 1.54) is 12.1 Å². The van der Waals surface area contributed by atoms with Crippen LogP contribution in [0.1, 0.15) is 60.1 Å². The van der Waals surface area contributed by atoms with Crippen LogP contribution in [0, 0.1) is 5.92 Å². The highest BCUT2D eigenvalue weighted by molar-refractivity contribution is 5.97. The minimum Gasteiger partial charge on any atom is -0.351 e. The zero-order chi connectivity index (χ0) is 24.1. The number of rotatable bonds is 11. The average Bonchev–Trinajstić information content (AvgIpc) is 3.44. The molecule has 2 N–H and O–H groups in total. The van der Waals surface area contributed by atoms with Gasteiger partial charge in [-0.25, -0.2) is 0 Å². The van der Waals surface area contributed by atoms with Crippen LogP contribution in [-0.2, 0) is 6.18 Å². The molecule has 1 fully saturated rings. The van der Waals surface area contributed by atoms with Crippen LogP contribution in [0.4, 0.5) is 13.2 Å². The Hall–Kier alpha value is -2.80. The van der Waals surface area contributed by atoms with Crippen LogP contribution in [0.5, 0.6) is 0 Å². The third-order valence-electron chi connectivity index (χ3n) is 6.58. The van der Waals surface area contributed by atoms with Crippen molar-refractivity contribution >= 4 is 16.8 Å². The number of halogens is 3. The number of carbonyl (C=O) groups excluding carboxylic acids is 1. The maximum atomic E-state index is 12.8. The van der Waals surface area contributed by atoms with Crippen molar-refractivity contribution in [2.45, 2.75) is 44.7 Å². The van der Waals surface area contributed by atoms with Gasteiger partial charge in [-0.15, -0.1) is 0 Å². The average molecular weight is 472 g/mol. The molecule has 2 aromatic carbocycles. The number of alkyl halides is 3. The second-order valence-corrected chi connectivity index (χ2v) is 9.26. The molecule has 4 rings (SSSR count). The normalized spacial score (nSPS) is 17.9. The van der Waals surface area contributed by atoms with Crippen LogP contribution in [0.3, 0.4) is 0 Å². The lowest BCUT2D eigenvalue weighted by Crippen LogP contribution is -2.30. The van der Waals surface area contributed by atoms with E-state index in [9.17, 15) is 18.0 Å². The number of aromatic amines is 1. The molecule has 0 spiro atoms. The van der Waals surface area contributed by atoms with Gasteiger partial charge in [-0.2, -0.15) is 13.2 Å². The Balaban J connectivity index is 1.18. The number of carbonyl (C=O) groups is 1. The number of hydrogen-bond acceptors (Lipinski definition) is 2. The molecule has 3 aromatic rings. The Kier molecular flexibility index (Phi) is 7.61. The van der Waals surface area contributed by atoms with Crippen molar-refractivity contribution in [1.29, 1.82) is 0 Å². The van der Waals surface area contributed by atoms with E-state index < -0.39 is 11.7 Å². The summed E-state index contributed by atoms with van der Waals surface area (Å²) in [6.45, 7) is 5.74. The third kappa shape index (κ3) is 6.20. The number of hydrogen-bond donors (Lipinski definition) is 2. The number of nitrogens with zero attached hydrogens (tertiary/aromatic N) is 1. The minimum absolute atomic E-state index is 0.0843. The molecule has 7 heteroatoms. The topological polar surface area (TPSA) is 48.1 Å². The molecule has 4 nitrogen and oxygen atoms in total. The highest BCUT2D eigenvalue weighted by Crippen LogP contribution is 2.48. The summed E-state index contributed by atoms with van der Waals surface area (Å²) in [4.78, 5) is 18.0. The summed E-state index contributed by atoms with van der Waals surface area (Å²) in [6, 6.07) is 15.3. The van der Waals surface area contributed by atoms with Gasteiger partial charge in [-0.1, -0.05) is 37.3 Å². The Bertz CT molecular complexity index is 1060. The number of benzene rings is 2. The van der Waals surface area contributed by atoms with E-state index in [2.05, 4.69) is 22.1 Å². The largest absolute Gasteiger partial charge is 0.416 e. The van der Waals surface area contributed by atoms with Crippen molar-refractivity contribution in [2.24, 2.45) is 5.92 Å². The minimum atomic E-state index is -4.28. The lowest BCUT2D eigenvalue weighted by Gasteiger charge is -2.22. The molecule has 0 saturated heterocycles. The standard InChI is InChI=1S/C27H32F3N3O/c1-2-14-33(18-21-16-23(21)19-9-11-22(12-10-19)27(28,29)30)15-6-5-13-31-26(34)25-17-20-7-3-4-8-24(20)32-25/h3-4,7-12,17,21,23,32H,2,5-6,13-16,18H2,1H3,(H,31,34). The number of nitrogens with one attached hydrogen (secondary N) is 2. The number of fused-ring (bicyclic) bond motifs is 1. The monoisotopic (exact) mass is 471 g/mol. The van der Waals surface area contributed by atoms with Crippen molar-refractivity contribution in [3.8, 4) is 0 Å². The van der Waals surface area contributed by atoms with Crippen LogP contribution >= 0.6 is 0 Å². The molecule has 1 amide bonds. The Labute approximate surface area is 198 Å². The SMILES string of the molecule is CCCN(CCCCNC(=O)c1cc2ccccc2[nH]1)CC1CC1c1ccc(C(F)(F)F)cc1. The van der Waals surface area contributed by atoms with Gasteiger partial charge in [0.25, 0.3) is 5.91 Å². The van der Waals surface area contributed by atoms with Crippen molar-refractivity contribution in [2.75, 3.05) is 26.2 Å². The third-order valence-corrected chi connectivity index (χ3v) is 6.58. The highest BCUT2D eigenvalue weighted by Gasteiger charge is 2.39. The van der Waals surface area contributed by atoms with Gasteiger partial charge in [0.1, 0.15) is 5.69 Å². The van der Waals surface area contributed by atoms with E-state index in [0.29, 0.717) is 24.1 Å². The van der Waals surface area contributed by atoms with Gasteiger partial charge in [-0.3, -0.25) is 4.79 Å². The molecule has 34 heavy (non-hydrogen) atoms. The van der Waals surface area contributed by atoms with Gasteiger partial charge in [0, 0.05) is 24.0 Å². The smallest absolute Gasteiger partial charge is 0.351 e. The fourth-order valence-electron chi connectivity index (χ4n) is 4.67. The first kappa shape index (κ1) is 24.3. The predicted octanol–water partition coefficient (Wildman–Crippen LogP) is 6.21. The van der Waals surface area contributed by atoms with Crippen molar-refractivity contribution in [3.05, 3.63) is 71.4 Å². The highest BCUT2D eigenvalue weighted by atomic mass is 19.4.